The fourth-order valence-corrected chi connectivity index (χ4v) is 5.22. The lowest BCUT2D eigenvalue weighted by Gasteiger charge is -2.39. The number of halogens is 1. The van der Waals surface area contributed by atoms with Crippen LogP contribution >= 0.6 is 0 Å². The Bertz CT molecular complexity index is 994. The average molecular weight is 514 g/mol. The van der Waals surface area contributed by atoms with Gasteiger partial charge in [-0.3, -0.25) is 9.69 Å². The van der Waals surface area contributed by atoms with Crippen LogP contribution in [0.3, 0.4) is 0 Å². The molecule has 206 valence electrons. The summed E-state index contributed by atoms with van der Waals surface area (Å²) in [5.74, 6) is 0.921. The summed E-state index contributed by atoms with van der Waals surface area (Å²) >= 11 is 0. The maximum absolute atomic E-state index is 14.2. The second kappa shape index (κ2) is 13.9. The Labute approximate surface area is 223 Å². The minimum absolute atomic E-state index is 0.0927. The third kappa shape index (κ3) is 7.79. The number of benzene rings is 1. The van der Waals surface area contributed by atoms with Gasteiger partial charge in [-0.25, -0.2) is 9.07 Å². The molecule has 37 heavy (non-hydrogen) atoms. The molecule has 2 heterocycles. The molecule has 1 saturated heterocycles. The molecule has 1 aromatic heterocycles. The van der Waals surface area contributed by atoms with Gasteiger partial charge in [-0.15, -0.1) is 0 Å². The molecular weight excluding hydrogens is 465 g/mol. The lowest BCUT2D eigenvalue weighted by atomic mass is 10.1. The highest BCUT2D eigenvalue weighted by molar-refractivity contribution is 5.76. The van der Waals surface area contributed by atoms with Gasteiger partial charge in [-0.05, 0) is 59.2 Å². The van der Waals surface area contributed by atoms with Crippen LogP contribution in [0.1, 0.15) is 90.8 Å². The highest BCUT2D eigenvalue weighted by Gasteiger charge is 2.29. The molecule has 1 amide bonds. The molecule has 0 atom stereocenters. The van der Waals surface area contributed by atoms with E-state index >= 15 is 0 Å². The number of aromatic nitrogens is 2. The molecule has 1 fully saturated rings. The molecule has 6 nitrogen and oxygen atoms in total. The van der Waals surface area contributed by atoms with Gasteiger partial charge < -0.3 is 9.80 Å². The van der Waals surface area contributed by atoms with Gasteiger partial charge in [0, 0.05) is 50.2 Å². The molecule has 2 aromatic rings. The summed E-state index contributed by atoms with van der Waals surface area (Å²) in [7, 11) is 0. The largest absolute Gasteiger partial charge is 0.354 e. The van der Waals surface area contributed by atoms with Crippen molar-refractivity contribution in [3.8, 4) is 5.69 Å². The molecule has 0 radical (unpaired) electrons. The van der Waals surface area contributed by atoms with Crippen LogP contribution in [0.15, 0.2) is 24.3 Å². The Morgan fingerprint density at radius 3 is 2.32 bits per heavy atom. The van der Waals surface area contributed by atoms with E-state index in [9.17, 15) is 9.18 Å². The van der Waals surface area contributed by atoms with Crippen molar-refractivity contribution in [2.75, 3.05) is 31.1 Å². The summed E-state index contributed by atoms with van der Waals surface area (Å²) in [5, 5.41) is 4.88. The first kappa shape index (κ1) is 29.2. The summed E-state index contributed by atoms with van der Waals surface area (Å²) in [6, 6.07) is 7.23. The number of amides is 1. The minimum Gasteiger partial charge on any atom is -0.354 e. The zero-order valence-electron chi connectivity index (χ0n) is 24.0. The average Bonchev–Trinajstić information content (AvgIpc) is 3.20. The van der Waals surface area contributed by atoms with E-state index in [-0.39, 0.29) is 17.8 Å². The first-order valence-corrected chi connectivity index (χ1v) is 14.4. The highest BCUT2D eigenvalue weighted by atomic mass is 19.1. The van der Waals surface area contributed by atoms with Crippen molar-refractivity contribution in [2.24, 2.45) is 0 Å². The molecule has 3 rings (SSSR count). The van der Waals surface area contributed by atoms with Gasteiger partial charge in [0.25, 0.3) is 0 Å². The number of anilines is 1. The van der Waals surface area contributed by atoms with Gasteiger partial charge in [0.05, 0.1) is 17.9 Å². The SMILES string of the molecule is CCCCCCCCC(=O)N(Cc1c(C)nn(-c2cccc(F)c2)c1N1CCN(C(C)C)CC1)C(C)C. The van der Waals surface area contributed by atoms with Crippen LogP contribution in [0.25, 0.3) is 5.69 Å². The monoisotopic (exact) mass is 513 g/mol. The molecule has 1 aromatic carbocycles. The van der Waals surface area contributed by atoms with E-state index in [1.807, 2.05) is 22.6 Å². The Kier molecular flexibility index (Phi) is 11.0. The van der Waals surface area contributed by atoms with Crippen LogP contribution in [0.5, 0.6) is 0 Å². The summed E-state index contributed by atoms with van der Waals surface area (Å²) in [4.78, 5) is 20.2. The van der Waals surface area contributed by atoms with Gasteiger partial charge in [-0.2, -0.15) is 5.10 Å². The lowest BCUT2D eigenvalue weighted by Crippen LogP contribution is -2.49. The van der Waals surface area contributed by atoms with Crippen molar-refractivity contribution in [1.29, 1.82) is 0 Å². The van der Waals surface area contributed by atoms with Crippen molar-refractivity contribution in [1.82, 2.24) is 19.6 Å². The van der Waals surface area contributed by atoms with E-state index in [4.69, 9.17) is 5.10 Å². The Balaban J connectivity index is 1.86. The number of piperazine rings is 1. The van der Waals surface area contributed by atoms with E-state index in [2.05, 4.69) is 44.4 Å². The maximum Gasteiger partial charge on any atom is 0.223 e. The number of nitrogens with zero attached hydrogens (tertiary/aromatic N) is 5. The van der Waals surface area contributed by atoms with Crippen molar-refractivity contribution in [3.63, 3.8) is 0 Å². The van der Waals surface area contributed by atoms with Gasteiger partial charge in [0.15, 0.2) is 0 Å². The van der Waals surface area contributed by atoms with Crippen LogP contribution < -0.4 is 4.90 Å². The first-order valence-electron chi connectivity index (χ1n) is 14.4. The molecule has 7 heteroatoms. The Morgan fingerprint density at radius 1 is 1.03 bits per heavy atom. The molecular formula is C30H48FN5O. The molecule has 0 bridgehead atoms. The van der Waals surface area contributed by atoms with E-state index < -0.39 is 0 Å². The molecule has 1 aliphatic rings. The number of unbranched alkanes of at least 4 members (excludes halogenated alkanes) is 5. The highest BCUT2D eigenvalue weighted by Crippen LogP contribution is 2.31. The molecule has 0 unspecified atom stereocenters. The third-order valence-corrected chi connectivity index (χ3v) is 7.57. The van der Waals surface area contributed by atoms with Gasteiger partial charge in [0.1, 0.15) is 11.6 Å². The summed E-state index contributed by atoms with van der Waals surface area (Å²) in [5.41, 5.74) is 2.67. The van der Waals surface area contributed by atoms with Gasteiger partial charge in [-0.1, -0.05) is 45.1 Å². The number of aryl methyl sites for hydroxylation is 1. The quantitative estimate of drug-likeness (QED) is 0.293. The predicted molar refractivity (Wildman–Crippen MR) is 151 cm³/mol. The second-order valence-corrected chi connectivity index (χ2v) is 11.0. The van der Waals surface area contributed by atoms with Crippen LogP contribution in [0.4, 0.5) is 10.2 Å². The van der Waals surface area contributed by atoms with E-state index in [1.165, 1.54) is 37.8 Å². The topological polar surface area (TPSA) is 44.6 Å². The smallest absolute Gasteiger partial charge is 0.223 e. The van der Waals surface area contributed by atoms with Crippen LogP contribution in [-0.4, -0.2) is 63.8 Å². The summed E-state index contributed by atoms with van der Waals surface area (Å²) in [6.07, 6.45) is 7.60. The van der Waals surface area contributed by atoms with Crippen molar-refractivity contribution in [3.05, 3.63) is 41.3 Å². The Hall–Kier alpha value is -2.41. The first-order chi connectivity index (χ1) is 17.7. The predicted octanol–water partition coefficient (Wildman–Crippen LogP) is 6.34. The van der Waals surface area contributed by atoms with Crippen LogP contribution in [-0.2, 0) is 11.3 Å². The van der Waals surface area contributed by atoms with Crippen molar-refractivity contribution >= 4 is 11.7 Å². The van der Waals surface area contributed by atoms with E-state index in [0.29, 0.717) is 24.7 Å². The third-order valence-electron chi connectivity index (χ3n) is 7.57. The second-order valence-electron chi connectivity index (χ2n) is 11.0. The number of carbonyl (C=O) groups excluding carboxylic acids is 1. The fourth-order valence-electron chi connectivity index (χ4n) is 5.22. The zero-order chi connectivity index (χ0) is 26.9. The normalized spacial score (nSPS) is 14.7. The molecule has 0 N–H and O–H groups in total. The molecule has 1 aliphatic heterocycles. The number of hydrogen-bond acceptors (Lipinski definition) is 4. The molecule has 0 spiro atoms. The summed E-state index contributed by atoms with van der Waals surface area (Å²) < 4.78 is 16.1. The van der Waals surface area contributed by atoms with Crippen LogP contribution in [0, 0.1) is 12.7 Å². The van der Waals surface area contributed by atoms with E-state index in [1.54, 1.807) is 6.07 Å². The van der Waals surface area contributed by atoms with Gasteiger partial charge >= 0.3 is 0 Å². The summed E-state index contributed by atoms with van der Waals surface area (Å²) in [6.45, 7) is 17.1. The van der Waals surface area contributed by atoms with Crippen molar-refractivity contribution in [2.45, 2.75) is 105 Å². The molecule has 0 aliphatic carbocycles. The lowest BCUT2D eigenvalue weighted by molar-refractivity contribution is -0.133. The zero-order valence-corrected chi connectivity index (χ0v) is 24.0. The molecule has 0 saturated carbocycles. The van der Waals surface area contributed by atoms with Gasteiger partial charge in [0.2, 0.25) is 5.91 Å². The number of hydrogen-bond donors (Lipinski definition) is 0. The Morgan fingerprint density at radius 2 is 1.70 bits per heavy atom. The maximum atomic E-state index is 14.2. The van der Waals surface area contributed by atoms with Crippen molar-refractivity contribution < 1.29 is 9.18 Å². The fraction of sp³-hybridized carbons (Fsp3) is 0.667. The number of carbonyl (C=O) groups is 1. The van der Waals surface area contributed by atoms with Crippen LogP contribution in [0.2, 0.25) is 0 Å². The van der Waals surface area contributed by atoms with E-state index in [0.717, 1.165) is 56.1 Å². The number of rotatable bonds is 13. The standard InChI is InChI=1S/C30H48FN5O/c1-7-8-9-10-11-12-16-29(37)35(24(4)5)22-28-25(6)32-36(27-15-13-14-26(31)21-27)30(28)34-19-17-33(18-20-34)23(2)3/h13-15,21,23-24H,7-12,16-20,22H2,1-6H3. The minimum atomic E-state index is -0.277.